The maximum absolute atomic E-state index is 13.3. The Hall–Kier alpha value is -1.47. The summed E-state index contributed by atoms with van der Waals surface area (Å²) in [5.74, 6) is -1.68. The monoisotopic (exact) mass is 329 g/mol. The van der Waals surface area contributed by atoms with Crippen molar-refractivity contribution in [1.29, 1.82) is 0 Å². The van der Waals surface area contributed by atoms with Gasteiger partial charge in [0.15, 0.2) is 0 Å². The topological polar surface area (TPSA) is 83.5 Å². The van der Waals surface area contributed by atoms with Gasteiger partial charge in [0.05, 0.1) is 10.8 Å². The smallest absolute Gasteiger partial charge is 0.306 e. The van der Waals surface area contributed by atoms with Crippen LogP contribution in [0.2, 0.25) is 0 Å². The molecule has 0 radical (unpaired) electrons. The number of rotatable bonds is 4. The third kappa shape index (κ3) is 3.64. The number of hydrogen-bond donors (Lipinski definition) is 2. The number of halogens is 1. The average molecular weight is 329 g/mol. The van der Waals surface area contributed by atoms with Crippen molar-refractivity contribution in [3.63, 3.8) is 0 Å². The molecule has 1 aliphatic rings. The molecule has 0 unspecified atom stereocenters. The van der Waals surface area contributed by atoms with Gasteiger partial charge >= 0.3 is 5.97 Å². The third-order valence-electron chi connectivity index (χ3n) is 4.09. The fourth-order valence-electron chi connectivity index (χ4n) is 3.06. The number of carboxylic acids is 1. The second-order valence-electron chi connectivity index (χ2n) is 5.88. The van der Waals surface area contributed by atoms with E-state index < -0.39 is 27.7 Å². The summed E-state index contributed by atoms with van der Waals surface area (Å²) < 4.78 is 41.0. The van der Waals surface area contributed by atoms with Crippen LogP contribution < -0.4 is 4.72 Å². The molecule has 0 aliphatic heterocycles. The van der Waals surface area contributed by atoms with Gasteiger partial charge in [-0.05, 0) is 62.8 Å². The minimum absolute atomic E-state index is 0.106. The van der Waals surface area contributed by atoms with Crippen LogP contribution in [0.5, 0.6) is 0 Å². The van der Waals surface area contributed by atoms with E-state index in [2.05, 4.69) is 4.72 Å². The average Bonchev–Trinajstić information content (AvgIpc) is 2.36. The second kappa shape index (κ2) is 6.34. The van der Waals surface area contributed by atoms with Crippen LogP contribution in [0, 0.1) is 25.6 Å². The Morgan fingerprint density at radius 1 is 1.18 bits per heavy atom. The summed E-state index contributed by atoms with van der Waals surface area (Å²) in [6.07, 6.45) is 1.92. The maximum atomic E-state index is 13.3. The predicted molar refractivity (Wildman–Crippen MR) is 79.6 cm³/mol. The highest BCUT2D eigenvalue weighted by Gasteiger charge is 2.30. The Labute approximate surface area is 129 Å². The third-order valence-corrected chi connectivity index (χ3v) is 5.92. The van der Waals surface area contributed by atoms with Crippen molar-refractivity contribution in [2.45, 2.75) is 50.5 Å². The molecule has 122 valence electrons. The summed E-state index contributed by atoms with van der Waals surface area (Å²) in [7, 11) is -3.74. The van der Waals surface area contributed by atoms with E-state index in [4.69, 9.17) is 5.11 Å². The van der Waals surface area contributed by atoms with Gasteiger partial charge in [-0.15, -0.1) is 0 Å². The van der Waals surface area contributed by atoms with Crippen molar-refractivity contribution < 1.29 is 22.7 Å². The Morgan fingerprint density at radius 3 is 2.14 bits per heavy atom. The van der Waals surface area contributed by atoms with Gasteiger partial charge in [-0.1, -0.05) is 0 Å². The molecule has 0 bridgehead atoms. The van der Waals surface area contributed by atoms with Crippen molar-refractivity contribution in [2.75, 3.05) is 0 Å². The first-order valence-corrected chi connectivity index (χ1v) is 8.71. The van der Waals surface area contributed by atoms with Gasteiger partial charge in [0, 0.05) is 6.04 Å². The normalized spacial score (nSPS) is 22.5. The Balaban J connectivity index is 2.15. The first-order chi connectivity index (χ1) is 10.2. The SMILES string of the molecule is Cc1cc(F)cc(C)c1S(=O)(=O)NC1CCC(C(=O)O)CC1. The number of carboxylic acid groups (broad SMARTS) is 1. The van der Waals surface area contributed by atoms with Crippen molar-refractivity contribution in [1.82, 2.24) is 4.72 Å². The summed E-state index contributed by atoms with van der Waals surface area (Å²) in [5, 5.41) is 8.96. The molecule has 0 atom stereocenters. The lowest BCUT2D eigenvalue weighted by Crippen LogP contribution is -2.39. The lowest BCUT2D eigenvalue weighted by atomic mass is 9.87. The molecule has 0 spiro atoms. The molecule has 1 aromatic carbocycles. The minimum atomic E-state index is -3.74. The van der Waals surface area contributed by atoms with Gasteiger partial charge in [0.1, 0.15) is 5.82 Å². The van der Waals surface area contributed by atoms with Crippen LogP contribution in [-0.4, -0.2) is 25.5 Å². The van der Waals surface area contributed by atoms with E-state index in [1.54, 1.807) is 13.8 Å². The zero-order valence-electron chi connectivity index (χ0n) is 12.6. The van der Waals surface area contributed by atoms with E-state index in [0.29, 0.717) is 36.8 Å². The van der Waals surface area contributed by atoms with Gasteiger partial charge < -0.3 is 5.11 Å². The van der Waals surface area contributed by atoms with Gasteiger partial charge in [-0.3, -0.25) is 4.79 Å². The fourth-order valence-corrected chi connectivity index (χ4v) is 4.82. The molecule has 0 saturated heterocycles. The number of aryl methyl sites for hydroxylation is 2. The van der Waals surface area contributed by atoms with Gasteiger partial charge in [-0.25, -0.2) is 17.5 Å². The van der Waals surface area contributed by atoms with Gasteiger partial charge in [0.25, 0.3) is 0 Å². The van der Waals surface area contributed by atoms with Crippen LogP contribution >= 0.6 is 0 Å². The van der Waals surface area contributed by atoms with Crippen molar-refractivity contribution in [2.24, 2.45) is 5.92 Å². The number of benzene rings is 1. The first kappa shape index (κ1) is 16.9. The van der Waals surface area contributed by atoms with Crippen LogP contribution in [0.25, 0.3) is 0 Å². The largest absolute Gasteiger partial charge is 0.481 e. The Bertz CT molecular complexity index is 656. The highest BCUT2D eigenvalue weighted by Crippen LogP contribution is 2.27. The molecule has 1 saturated carbocycles. The van der Waals surface area contributed by atoms with Crippen LogP contribution in [0.4, 0.5) is 4.39 Å². The standard InChI is InChI=1S/C15H20FNO4S/c1-9-7-12(16)8-10(2)14(9)22(20,21)17-13-5-3-11(4-6-13)15(18)19/h7-8,11,13,17H,3-6H2,1-2H3,(H,18,19). The van der Waals surface area contributed by atoms with E-state index in [1.165, 1.54) is 12.1 Å². The Kier molecular flexibility index (Phi) is 4.87. The van der Waals surface area contributed by atoms with Gasteiger partial charge in [0.2, 0.25) is 10.0 Å². The maximum Gasteiger partial charge on any atom is 0.306 e. The molecule has 2 rings (SSSR count). The highest BCUT2D eigenvalue weighted by atomic mass is 32.2. The molecular weight excluding hydrogens is 309 g/mol. The molecule has 2 N–H and O–H groups in total. The fraction of sp³-hybridized carbons (Fsp3) is 0.533. The summed E-state index contributed by atoms with van der Waals surface area (Å²) in [4.78, 5) is 11.0. The van der Waals surface area contributed by atoms with Crippen LogP contribution in [0.15, 0.2) is 17.0 Å². The van der Waals surface area contributed by atoms with Crippen LogP contribution in [-0.2, 0) is 14.8 Å². The zero-order valence-corrected chi connectivity index (χ0v) is 13.4. The van der Waals surface area contributed by atoms with E-state index in [0.717, 1.165) is 0 Å². The van der Waals surface area contributed by atoms with Crippen LogP contribution in [0.1, 0.15) is 36.8 Å². The summed E-state index contributed by atoms with van der Waals surface area (Å²) in [6.45, 7) is 3.12. The lowest BCUT2D eigenvalue weighted by Gasteiger charge is -2.27. The number of carbonyl (C=O) groups is 1. The van der Waals surface area contributed by atoms with E-state index in [9.17, 15) is 17.6 Å². The molecule has 0 amide bonds. The first-order valence-electron chi connectivity index (χ1n) is 7.22. The molecule has 22 heavy (non-hydrogen) atoms. The second-order valence-corrected chi connectivity index (χ2v) is 7.53. The molecule has 7 heteroatoms. The summed E-state index contributed by atoms with van der Waals surface area (Å²) in [5.41, 5.74) is 0.730. The van der Waals surface area contributed by atoms with E-state index in [-0.39, 0.29) is 10.9 Å². The number of aliphatic carboxylic acids is 1. The van der Waals surface area contributed by atoms with Gasteiger partial charge in [-0.2, -0.15) is 0 Å². The number of sulfonamides is 1. The van der Waals surface area contributed by atoms with Crippen molar-refractivity contribution in [3.05, 3.63) is 29.1 Å². The van der Waals surface area contributed by atoms with Crippen molar-refractivity contribution >= 4 is 16.0 Å². The molecule has 1 aliphatic carbocycles. The van der Waals surface area contributed by atoms with Crippen molar-refractivity contribution in [3.8, 4) is 0 Å². The molecule has 0 heterocycles. The zero-order chi connectivity index (χ0) is 16.5. The Morgan fingerprint density at radius 2 is 1.68 bits per heavy atom. The lowest BCUT2D eigenvalue weighted by molar-refractivity contribution is -0.142. The molecular formula is C15H20FNO4S. The number of nitrogens with one attached hydrogen (secondary N) is 1. The quantitative estimate of drug-likeness (QED) is 0.888. The van der Waals surface area contributed by atoms with E-state index in [1.807, 2.05) is 0 Å². The predicted octanol–water partition coefficient (Wildman–Crippen LogP) is 2.36. The van der Waals surface area contributed by atoms with E-state index >= 15 is 0 Å². The highest BCUT2D eigenvalue weighted by molar-refractivity contribution is 7.89. The molecule has 1 fully saturated rings. The number of hydrogen-bond acceptors (Lipinski definition) is 3. The van der Waals surface area contributed by atoms with Crippen LogP contribution in [0.3, 0.4) is 0 Å². The molecule has 5 nitrogen and oxygen atoms in total. The summed E-state index contributed by atoms with van der Waals surface area (Å²) >= 11 is 0. The minimum Gasteiger partial charge on any atom is -0.481 e. The molecule has 0 aromatic heterocycles. The summed E-state index contributed by atoms with van der Waals surface area (Å²) in [6, 6.07) is 2.12. The molecule has 1 aromatic rings.